The van der Waals surface area contributed by atoms with Crippen LogP contribution in [0, 0.1) is 34.2 Å². The van der Waals surface area contributed by atoms with E-state index in [2.05, 4.69) is 27.6 Å². The minimum absolute atomic E-state index is 0.0942. The number of nitrogens with zero attached hydrogens (tertiary/aromatic N) is 2. The maximum absolute atomic E-state index is 9.16. The van der Waals surface area contributed by atoms with Gasteiger partial charge in [-0.05, 0) is 60.2 Å². The molecule has 0 radical (unpaired) electrons. The van der Waals surface area contributed by atoms with Gasteiger partial charge in [0.05, 0.1) is 5.52 Å². The van der Waals surface area contributed by atoms with Gasteiger partial charge in [-0.25, -0.2) is 0 Å². The summed E-state index contributed by atoms with van der Waals surface area (Å²) in [6.07, 6.45) is 0. The third-order valence-corrected chi connectivity index (χ3v) is 4.04. The second-order valence-corrected chi connectivity index (χ2v) is 5.85. The summed E-state index contributed by atoms with van der Waals surface area (Å²) < 4.78 is 6.69. The maximum atomic E-state index is 9.16. The van der Waals surface area contributed by atoms with Crippen LogP contribution in [-0.4, -0.2) is 4.98 Å². The summed E-state index contributed by atoms with van der Waals surface area (Å²) in [4.78, 5) is 4.58. The number of benzene rings is 1. The van der Waals surface area contributed by atoms with E-state index >= 15 is 0 Å². The predicted octanol–water partition coefficient (Wildman–Crippen LogP) is 3.55. The van der Waals surface area contributed by atoms with Gasteiger partial charge < -0.3 is 4.42 Å². The molecule has 0 aliphatic rings. The van der Waals surface area contributed by atoms with Gasteiger partial charge in [0.2, 0.25) is 5.55 Å². The van der Waals surface area contributed by atoms with Crippen molar-refractivity contribution in [3.8, 4) is 6.07 Å². The van der Waals surface area contributed by atoms with E-state index in [9.17, 15) is 0 Å². The van der Waals surface area contributed by atoms with E-state index in [0.717, 1.165) is 31.1 Å². The van der Waals surface area contributed by atoms with Gasteiger partial charge >= 0.3 is 0 Å². The van der Waals surface area contributed by atoms with Gasteiger partial charge in [0.1, 0.15) is 17.2 Å². The van der Waals surface area contributed by atoms with Crippen LogP contribution in [0.5, 0.6) is 0 Å². The number of fused-ring (bicyclic) bond motifs is 3. The zero-order chi connectivity index (χ0) is 14.4. The molecule has 0 amide bonds. The molecule has 98 valence electrons. The molecule has 0 aliphatic carbocycles. The van der Waals surface area contributed by atoms with Crippen LogP contribution in [0.2, 0.25) is 0 Å². The van der Waals surface area contributed by atoms with Gasteiger partial charge in [0, 0.05) is 20.0 Å². The van der Waals surface area contributed by atoms with Crippen LogP contribution in [-0.2, 0) is 0 Å². The molecule has 0 fully saturated rings. The standard InChI is InChI=1S/C15H10IN3O/c1-7-11(6-17)15(18)20-14-10-5-9(16)3-4-12(10)19-8(2)13(7)14/h3-5,18H,1-2H3. The molecule has 0 unspecified atom stereocenters. The summed E-state index contributed by atoms with van der Waals surface area (Å²) in [5, 5.41) is 18.7. The first-order valence-corrected chi connectivity index (χ1v) is 7.08. The number of rotatable bonds is 0. The van der Waals surface area contributed by atoms with Crippen molar-refractivity contribution in [3.05, 3.63) is 44.1 Å². The minimum Gasteiger partial charge on any atom is -0.437 e. The molecule has 2 aromatic heterocycles. The molecule has 1 aromatic carbocycles. The van der Waals surface area contributed by atoms with E-state index in [1.807, 2.05) is 38.1 Å². The largest absolute Gasteiger partial charge is 0.437 e. The lowest BCUT2D eigenvalue weighted by Gasteiger charge is -2.09. The highest BCUT2D eigenvalue weighted by atomic mass is 127. The van der Waals surface area contributed by atoms with Crippen molar-refractivity contribution in [3.63, 3.8) is 0 Å². The minimum atomic E-state index is -0.0942. The second kappa shape index (κ2) is 4.56. The topological polar surface area (TPSA) is 73.7 Å². The van der Waals surface area contributed by atoms with Crippen molar-refractivity contribution in [1.82, 2.24) is 4.98 Å². The third-order valence-electron chi connectivity index (χ3n) is 3.37. The average Bonchev–Trinajstić information content (AvgIpc) is 2.39. The van der Waals surface area contributed by atoms with Gasteiger partial charge in [-0.2, -0.15) is 5.26 Å². The first-order valence-electron chi connectivity index (χ1n) is 6.01. The SMILES string of the molecule is Cc1nc2ccc(I)cc2c2oc(=N)c(C#N)c(C)c12. The molecule has 3 rings (SSSR count). The summed E-state index contributed by atoms with van der Waals surface area (Å²) in [6.45, 7) is 3.73. The Morgan fingerprint density at radius 1 is 1.35 bits per heavy atom. The molecule has 4 nitrogen and oxygen atoms in total. The molecule has 1 N–H and O–H groups in total. The van der Waals surface area contributed by atoms with Crippen LogP contribution in [0.3, 0.4) is 0 Å². The third kappa shape index (κ3) is 1.79. The van der Waals surface area contributed by atoms with Crippen molar-refractivity contribution in [2.24, 2.45) is 0 Å². The van der Waals surface area contributed by atoms with Crippen LogP contribution < -0.4 is 5.55 Å². The van der Waals surface area contributed by atoms with Gasteiger partial charge in [-0.3, -0.25) is 10.4 Å². The average molecular weight is 375 g/mol. The quantitative estimate of drug-likeness (QED) is 0.482. The first kappa shape index (κ1) is 13.1. The van der Waals surface area contributed by atoms with Crippen LogP contribution in [0.15, 0.2) is 22.6 Å². The van der Waals surface area contributed by atoms with Crippen molar-refractivity contribution >= 4 is 44.5 Å². The van der Waals surface area contributed by atoms with E-state index in [1.165, 1.54) is 0 Å². The smallest absolute Gasteiger partial charge is 0.230 e. The van der Waals surface area contributed by atoms with E-state index in [-0.39, 0.29) is 11.1 Å². The fraction of sp³-hybridized carbons (Fsp3) is 0.133. The Morgan fingerprint density at radius 3 is 2.80 bits per heavy atom. The lowest BCUT2D eigenvalue weighted by molar-refractivity contribution is 0.531. The van der Waals surface area contributed by atoms with Crippen LogP contribution in [0.25, 0.3) is 21.9 Å². The summed E-state index contributed by atoms with van der Waals surface area (Å²) in [5.41, 5.74) is 3.21. The van der Waals surface area contributed by atoms with E-state index in [1.54, 1.807) is 0 Å². The number of hydrogen-bond acceptors (Lipinski definition) is 4. The molecule has 0 atom stereocenters. The zero-order valence-corrected chi connectivity index (χ0v) is 13.1. The molecular formula is C15H10IN3O. The normalized spacial score (nSPS) is 10.9. The molecule has 0 spiro atoms. The lowest BCUT2D eigenvalue weighted by atomic mass is 10.0. The number of nitrogens with one attached hydrogen (secondary N) is 1. The Bertz CT molecular complexity index is 967. The highest BCUT2D eigenvalue weighted by Crippen LogP contribution is 2.29. The highest BCUT2D eigenvalue weighted by Gasteiger charge is 2.15. The van der Waals surface area contributed by atoms with Gasteiger partial charge in [0.25, 0.3) is 0 Å². The van der Waals surface area contributed by atoms with E-state index < -0.39 is 0 Å². The van der Waals surface area contributed by atoms with E-state index in [0.29, 0.717) is 5.58 Å². The van der Waals surface area contributed by atoms with Crippen LogP contribution in [0.4, 0.5) is 0 Å². The number of aryl methyl sites for hydroxylation is 2. The number of pyridine rings is 1. The Balaban J connectivity index is 2.67. The Hall–Kier alpha value is -1.94. The number of halogens is 1. The van der Waals surface area contributed by atoms with Crippen molar-refractivity contribution in [2.45, 2.75) is 13.8 Å². The molecule has 0 saturated heterocycles. The number of nitriles is 1. The molecular weight excluding hydrogens is 365 g/mol. The van der Waals surface area contributed by atoms with E-state index in [4.69, 9.17) is 15.1 Å². The summed E-state index contributed by atoms with van der Waals surface area (Å²) >= 11 is 2.23. The molecule has 0 saturated carbocycles. The Morgan fingerprint density at radius 2 is 2.10 bits per heavy atom. The molecule has 0 aliphatic heterocycles. The fourth-order valence-corrected chi connectivity index (χ4v) is 2.95. The molecule has 5 heteroatoms. The van der Waals surface area contributed by atoms with Gasteiger partial charge in [-0.15, -0.1) is 0 Å². The van der Waals surface area contributed by atoms with Crippen molar-refractivity contribution < 1.29 is 4.42 Å². The predicted molar refractivity (Wildman–Crippen MR) is 84.3 cm³/mol. The number of aromatic nitrogens is 1. The van der Waals surface area contributed by atoms with Crippen LogP contribution in [0.1, 0.15) is 16.8 Å². The summed E-state index contributed by atoms with van der Waals surface area (Å²) in [6, 6.07) is 7.94. The molecule has 3 aromatic rings. The summed E-state index contributed by atoms with van der Waals surface area (Å²) in [5.74, 6) is 0. The lowest BCUT2D eigenvalue weighted by Crippen LogP contribution is -2.08. The van der Waals surface area contributed by atoms with Gasteiger partial charge in [-0.1, -0.05) is 0 Å². The first-order chi connectivity index (χ1) is 9.52. The summed E-state index contributed by atoms with van der Waals surface area (Å²) in [7, 11) is 0. The monoisotopic (exact) mass is 375 g/mol. The molecule has 2 heterocycles. The Labute approximate surface area is 128 Å². The molecule has 0 bridgehead atoms. The maximum Gasteiger partial charge on any atom is 0.230 e. The fourth-order valence-electron chi connectivity index (χ4n) is 2.45. The highest BCUT2D eigenvalue weighted by molar-refractivity contribution is 14.1. The van der Waals surface area contributed by atoms with Crippen molar-refractivity contribution in [1.29, 1.82) is 10.7 Å². The zero-order valence-electron chi connectivity index (χ0n) is 10.9. The Kier molecular flexibility index (Phi) is 2.98. The van der Waals surface area contributed by atoms with Crippen LogP contribution >= 0.6 is 22.6 Å². The van der Waals surface area contributed by atoms with Crippen molar-refractivity contribution in [2.75, 3.05) is 0 Å². The number of hydrogen-bond donors (Lipinski definition) is 1. The molecule has 20 heavy (non-hydrogen) atoms. The van der Waals surface area contributed by atoms with Gasteiger partial charge in [0.15, 0.2) is 0 Å². The second-order valence-electron chi connectivity index (χ2n) is 4.61.